The summed E-state index contributed by atoms with van der Waals surface area (Å²) in [5.41, 5.74) is 4.06. The molecule has 3 N–H and O–H groups in total. The zero-order valence-corrected chi connectivity index (χ0v) is 36.2. The number of piperidine rings is 2. The average molecular weight is 897 g/mol. The quantitative estimate of drug-likeness (QED) is 0.0918. The predicted octanol–water partition coefficient (Wildman–Crippen LogP) is 6.67. The van der Waals surface area contributed by atoms with Crippen LogP contribution in [0.15, 0.2) is 85.2 Å². The Morgan fingerprint density at radius 2 is 1.49 bits per heavy atom. The van der Waals surface area contributed by atoms with Crippen molar-refractivity contribution in [3.05, 3.63) is 90.8 Å². The van der Waals surface area contributed by atoms with Crippen LogP contribution in [0, 0.1) is 17.8 Å². The second-order valence-corrected chi connectivity index (χ2v) is 17.4. The molecule has 14 nitrogen and oxygen atoms in total. The number of alkyl halides is 3. The summed E-state index contributed by atoms with van der Waals surface area (Å²) >= 11 is 0. The largest absolute Gasteiger partial charge is 0.573 e. The number of amides is 4. The molecule has 0 radical (unpaired) electrons. The molecule has 1 unspecified atom stereocenters. The van der Waals surface area contributed by atoms with Gasteiger partial charge in [0.15, 0.2) is 0 Å². The fraction of sp³-hybridized carbons (Fsp3) is 0.458. The first-order valence-electron chi connectivity index (χ1n) is 22.6. The van der Waals surface area contributed by atoms with Crippen LogP contribution in [-0.2, 0) is 19.2 Å². The van der Waals surface area contributed by atoms with Gasteiger partial charge in [0.05, 0.1) is 18.2 Å². The van der Waals surface area contributed by atoms with Gasteiger partial charge in [0, 0.05) is 87.1 Å². The van der Waals surface area contributed by atoms with Gasteiger partial charge in [-0.25, -0.2) is 9.97 Å². The standard InChI is InChI=1S/C48H55F3N8O6/c49-48(50,51)65-40-14-10-37(11-15-40)55-43-29-42(53-31-54-43)33-8-12-39(13-9-33)64-27-20-52-45(61)34-4-6-35(7-5-34)47(63)59-25-23-57(24-26-59)30-32-18-21-58(22-19-32)38-3-1-2-36(28-38)41-16-17-44(60)56-46(41)62/h1-3,8-15,28-29,31-32,34-35,41H,4-7,16-27,30H2,(H,52,61)(H,53,54,55)(H,56,60,62). The minimum Gasteiger partial charge on any atom is -0.492 e. The number of piperazine rings is 1. The van der Waals surface area contributed by atoms with Crippen molar-refractivity contribution in [2.24, 2.45) is 17.8 Å². The summed E-state index contributed by atoms with van der Waals surface area (Å²) in [4.78, 5) is 66.1. The molecule has 8 rings (SSSR count). The first-order valence-corrected chi connectivity index (χ1v) is 22.6. The van der Waals surface area contributed by atoms with Gasteiger partial charge in [-0.3, -0.25) is 29.4 Å². The monoisotopic (exact) mass is 896 g/mol. The van der Waals surface area contributed by atoms with E-state index in [9.17, 15) is 32.3 Å². The van der Waals surface area contributed by atoms with E-state index in [2.05, 4.69) is 52.6 Å². The number of rotatable bonds is 14. The van der Waals surface area contributed by atoms with Crippen LogP contribution in [0.1, 0.15) is 62.8 Å². The summed E-state index contributed by atoms with van der Waals surface area (Å²) in [6.07, 6.45) is 2.54. The fourth-order valence-corrected chi connectivity index (χ4v) is 9.38. The number of aromatic nitrogens is 2. The van der Waals surface area contributed by atoms with E-state index in [0.717, 1.165) is 75.5 Å². The first kappa shape index (κ1) is 45.3. The molecular weight excluding hydrogens is 842 g/mol. The number of hydrogen-bond donors (Lipinski definition) is 3. The van der Waals surface area contributed by atoms with Gasteiger partial charge in [0.2, 0.25) is 23.6 Å². The number of hydrogen-bond acceptors (Lipinski definition) is 11. The molecule has 0 spiro atoms. The summed E-state index contributed by atoms with van der Waals surface area (Å²) in [7, 11) is 0. The van der Waals surface area contributed by atoms with Crippen molar-refractivity contribution in [1.29, 1.82) is 0 Å². The van der Waals surface area contributed by atoms with Crippen molar-refractivity contribution in [2.75, 3.05) is 69.2 Å². The molecule has 1 aromatic heterocycles. The lowest BCUT2D eigenvalue weighted by molar-refractivity contribution is -0.274. The number of carbonyl (C=O) groups is 4. The van der Waals surface area contributed by atoms with Crippen LogP contribution in [0.5, 0.6) is 11.5 Å². The Morgan fingerprint density at radius 3 is 2.20 bits per heavy atom. The van der Waals surface area contributed by atoms with Gasteiger partial charge in [-0.05, 0) is 117 Å². The molecule has 4 fully saturated rings. The molecule has 4 heterocycles. The van der Waals surface area contributed by atoms with E-state index < -0.39 is 6.36 Å². The highest BCUT2D eigenvalue weighted by Gasteiger charge is 2.35. The molecule has 4 amide bonds. The molecule has 1 saturated carbocycles. The van der Waals surface area contributed by atoms with E-state index in [-0.39, 0.29) is 47.1 Å². The molecule has 3 aliphatic heterocycles. The van der Waals surface area contributed by atoms with Crippen molar-refractivity contribution < 1.29 is 41.8 Å². The number of halogens is 3. The van der Waals surface area contributed by atoms with Gasteiger partial charge in [0.1, 0.15) is 30.3 Å². The molecule has 65 heavy (non-hydrogen) atoms. The van der Waals surface area contributed by atoms with Crippen LogP contribution in [0.4, 0.5) is 30.4 Å². The Labute approximate surface area is 376 Å². The molecule has 3 aromatic carbocycles. The van der Waals surface area contributed by atoms with Crippen molar-refractivity contribution in [2.45, 2.75) is 63.6 Å². The van der Waals surface area contributed by atoms with Crippen LogP contribution in [0.3, 0.4) is 0 Å². The minimum absolute atomic E-state index is 0.00574. The molecular formula is C48H55F3N8O6. The van der Waals surface area contributed by atoms with Crippen molar-refractivity contribution in [3.63, 3.8) is 0 Å². The lowest BCUT2D eigenvalue weighted by Gasteiger charge is -2.40. The van der Waals surface area contributed by atoms with Gasteiger partial charge in [-0.2, -0.15) is 0 Å². The van der Waals surface area contributed by atoms with Gasteiger partial charge < -0.3 is 29.9 Å². The third-order valence-electron chi connectivity index (χ3n) is 13.0. The van der Waals surface area contributed by atoms with E-state index in [1.54, 1.807) is 6.07 Å². The zero-order valence-electron chi connectivity index (χ0n) is 36.2. The highest BCUT2D eigenvalue weighted by Crippen LogP contribution is 2.33. The number of anilines is 3. The number of ether oxygens (including phenoxy) is 2. The summed E-state index contributed by atoms with van der Waals surface area (Å²) in [5, 5.41) is 8.52. The summed E-state index contributed by atoms with van der Waals surface area (Å²) < 4.78 is 47.2. The highest BCUT2D eigenvalue weighted by molar-refractivity contribution is 6.01. The number of nitrogens with zero attached hydrogens (tertiary/aromatic N) is 5. The topological polar surface area (TPSA) is 158 Å². The molecule has 344 valence electrons. The maximum absolute atomic E-state index is 13.5. The molecule has 17 heteroatoms. The lowest BCUT2D eigenvalue weighted by Crippen LogP contribution is -2.52. The fourth-order valence-electron chi connectivity index (χ4n) is 9.38. The predicted molar refractivity (Wildman–Crippen MR) is 237 cm³/mol. The maximum Gasteiger partial charge on any atom is 0.573 e. The molecule has 1 aliphatic carbocycles. The SMILES string of the molecule is O=C1CCC(c2cccc(N3CCC(CN4CCN(C(=O)C5CCC(C(=O)NCCOc6ccc(-c7cc(Nc8ccc(OC(F)(F)F)cc8)ncn7)cc6)CC5)CC4)CC3)c2)C(=O)N1. The van der Waals surface area contributed by atoms with Crippen LogP contribution >= 0.6 is 0 Å². The molecule has 4 aromatic rings. The summed E-state index contributed by atoms with van der Waals surface area (Å²) in [5.74, 6) is 0.742. The van der Waals surface area contributed by atoms with Crippen LogP contribution in [0.25, 0.3) is 11.3 Å². The Kier molecular flexibility index (Phi) is 14.5. The average Bonchev–Trinajstić information content (AvgIpc) is 3.31. The highest BCUT2D eigenvalue weighted by atomic mass is 19.4. The number of carbonyl (C=O) groups excluding carboxylic acids is 4. The molecule has 4 aliphatic rings. The van der Waals surface area contributed by atoms with E-state index in [1.165, 1.54) is 30.6 Å². The third-order valence-corrected chi connectivity index (χ3v) is 13.0. The Balaban J connectivity index is 0.692. The number of benzene rings is 3. The molecule has 0 bridgehead atoms. The normalized spacial score (nSPS) is 21.1. The smallest absolute Gasteiger partial charge is 0.492 e. The second kappa shape index (κ2) is 20.7. The van der Waals surface area contributed by atoms with Crippen molar-refractivity contribution in [1.82, 2.24) is 30.4 Å². The van der Waals surface area contributed by atoms with Crippen LogP contribution < -0.4 is 30.3 Å². The Morgan fingerprint density at radius 1 is 0.785 bits per heavy atom. The number of imide groups is 1. The minimum atomic E-state index is -4.76. The first-order chi connectivity index (χ1) is 31.4. The van der Waals surface area contributed by atoms with Gasteiger partial charge >= 0.3 is 6.36 Å². The maximum atomic E-state index is 13.5. The Hall–Kier alpha value is -6.23. The Bertz CT molecular complexity index is 2270. The van der Waals surface area contributed by atoms with Gasteiger partial charge in [0.25, 0.3) is 0 Å². The van der Waals surface area contributed by atoms with Crippen molar-refractivity contribution >= 4 is 40.8 Å². The van der Waals surface area contributed by atoms with Gasteiger partial charge in [-0.15, -0.1) is 13.2 Å². The third kappa shape index (κ3) is 12.3. The summed E-state index contributed by atoms with van der Waals surface area (Å²) in [6, 6.07) is 22.6. The van der Waals surface area contributed by atoms with Crippen LogP contribution in [-0.4, -0.2) is 109 Å². The van der Waals surface area contributed by atoms with E-state index >= 15 is 0 Å². The lowest BCUT2D eigenvalue weighted by atomic mass is 9.81. The molecule has 3 saturated heterocycles. The van der Waals surface area contributed by atoms with Crippen molar-refractivity contribution in [3.8, 4) is 22.8 Å². The van der Waals surface area contributed by atoms with E-state index in [1.807, 2.05) is 41.3 Å². The van der Waals surface area contributed by atoms with Gasteiger partial charge in [-0.1, -0.05) is 12.1 Å². The van der Waals surface area contributed by atoms with Crippen LogP contribution in [0.2, 0.25) is 0 Å². The molecule has 1 atom stereocenters. The number of nitrogens with one attached hydrogen (secondary N) is 3. The zero-order chi connectivity index (χ0) is 45.3. The van der Waals surface area contributed by atoms with E-state index in [4.69, 9.17) is 4.74 Å². The second-order valence-electron chi connectivity index (χ2n) is 17.4. The summed E-state index contributed by atoms with van der Waals surface area (Å²) in [6.45, 7) is 6.83. The van der Waals surface area contributed by atoms with E-state index in [0.29, 0.717) is 80.5 Å².